The standard InChI is InChI=1S/C24H27N5O3S/c1-12-2-5-16-20(26)22(33-24(16)27-12)23(30)28-14-8-13-3-4-15(9-19(13)32-11-14)29-10-17(25)21-18(29)6-7-31-21/h2-5,9,14,17-18,21H,6-8,10-11,25-26H2,1H3,(H,28,30)/t14-,17-,18+,21+/m1/s1. The van der Waals surface area contributed by atoms with Crippen LogP contribution in [0.5, 0.6) is 5.75 Å². The van der Waals surface area contributed by atoms with Gasteiger partial charge in [0, 0.05) is 36.0 Å². The molecule has 0 radical (unpaired) electrons. The molecule has 2 fully saturated rings. The highest BCUT2D eigenvalue weighted by Crippen LogP contribution is 2.37. The minimum Gasteiger partial charge on any atom is -0.491 e. The average molecular weight is 466 g/mol. The number of hydrogen-bond acceptors (Lipinski definition) is 8. The molecule has 0 saturated carbocycles. The van der Waals surface area contributed by atoms with Gasteiger partial charge in [0.25, 0.3) is 5.91 Å². The highest BCUT2D eigenvalue weighted by atomic mass is 32.1. The number of carbonyl (C=O) groups is 1. The molecule has 172 valence electrons. The lowest BCUT2D eigenvalue weighted by atomic mass is 10.0. The van der Waals surface area contributed by atoms with Gasteiger partial charge in [-0.05, 0) is 43.5 Å². The summed E-state index contributed by atoms with van der Waals surface area (Å²) in [4.78, 5) is 21.1. The van der Waals surface area contributed by atoms with Crippen LogP contribution >= 0.6 is 11.3 Å². The monoisotopic (exact) mass is 465 g/mol. The number of fused-ring (bicyclic) bond motifs is 3. The SMILES string of the molecule is Cc1ccc2c(N)c(C(=O)N[C@H]3COc4cc(N5C[C@@H](N)[C@@H]6OCC[C@@H]65)ccc4C3)sc2n1. The summed E-state index contributed by atoms with van der Waals surface area (Å²) >= 11 is 1.33. The lowest BCUT2D eigenvalue weighted by Crippen LogP contribution is -2.42. The van der Waals surface area contributed by atoms with Crippen molar-refractivity contribution in [2.24, 2.45) is 5.73 Å². The highest BCUT2D eigenvalue weighted by molar-refractivity contribution is 7.21. The zero-order chi connectivity index (χ0) is 22.7. The first kappa shape index (κ1) is 20.7. The van der Waals surface area contributed by atoms with Crippen LogP contribution in [0.1, 0.15) is 27.3 Å². The van der Waals surface area contributed by atoms with Crippen molar-refractivity contribution >= 4 is 38.8 Å². The van der Waals surface area contributed by atoms with Gasteiger partial charge in [0.15, 0.2) is 0 Å². The summed E-state index contributed by atoms with van der Waals surface area (Å²) in [6, 6.07) is 10.4. The number of amides is 1. The molecular formula is C24H27N5O3S. The van der Waals surface area contributed by atoms with Crippen LogP contribution in [0, 0.1) is 6.92 Å². The Balaban J connectivity index is 1.17. The Morgan fingerprint density at radius 1 is 1.30 bits per heavy atom. The molecule has 0 bridgehead atoms. The maximum absolute atomic E-state index is 13.0. The third kappa shape index (κ3) is 3.51. The lowest BCUT2D eigenvalue weighted by molar-refractivity contribution is 0.0920. The second-order valence-electron chi connectivity index (χ2n) is 9.14. The fourth-order valence-electron chi connectivity index (χ4n) is 5.25. The predicted octanol–water partition coefficient (Wildman–Crippen LogP) is 2.23. The molecule has 5 N–H and O–H groups in total. The molecule has 8 nitrogen and oxygen atoms in total. The molecule has 3 aliphatic rings. The summed E-state index contributed by atoms with van der Waals surface area (Å²) in [5, 5.41) is 3.92. The van der Waals surface area contributed by atoms with Gasteiger partial charge in [-0.25, -0.2) is 4.98 Å². The van der Waals surface area contributed by atoms with Crippen LogP contribution in [0.3, 0.4) is 0 Å². The van der Waals surface area contributed by atoms with Crippen LogP contribution in [0.15, 0.2) is 30.3 Å². The van der Waals surface area contributed by atoms with Crippen LogP contribution in [0.25, 0.3) is 10.2 Å². The van der Waals surface area contributed by atoms with Crippen molar-refractivity contribution in [3.8, 4) is 5.75 Å². The van der Waals surface area contributed by atoms with Crippen LogP contribution in [-0.2, 0) is 11.2 Å². The van der Waals surface area contributed by atoms with Crippen molar-refractivity contribution in [1.29, 1.82) is 0 Å². The Morgan fingerprint density at radius 3 is 3.06 bits per heavy atom. The maximum atomic E-state index is 13.0. The number of aryl methyl sites for hydroxylation is 1. The third-order valence-corrected chi connectivity index (χ3v) is 8.01. The van der Waals surface area contributed by atoms with Crippen molar-refractivity contribution < 1.29 is 14.3 Å². The largest absolute Gasteiger partial charge is 0.491 e. The van der Waals surface area contributed by atoms with E-state index in [1.165, 1.54) is 11.3 Å². The van der Waals surface area contributed by atoms with Crippen LogP contribution in [0.4, 0.5) is 11.4 Å². The van der Waals surface area contributed by atoms with Crippen molar-refractivity contribution in [2.75, 3.05) is 30.4 Å². The number of benzene rings is 1. The molecule has 0 spiro atoms. The summed E-state index contributed by atoms with van der Waals surface area (Å²) in [7, 11) is 0. The van der Waals surface area contributed by atoms with Crippen molar-refractivity contribution in [3.05, 3.63) is 46.5 Å². The minimum atomic E-state index is -0.180. The van der Waals surface area contributed by atoms with E-state index in [0.29, 0.717) is 29.6 Å². The van der Waals surface area contributed by atoms with Crippen molar-refractivity contribution in [2.45, 2.75) is 44.0 Å². The number of nitrogens with two attached hydrogens (primary N) is 2. The molecule has 9 heteroatoms. The molecule has 6 rings (SSSR count). The summed E-state index contributed by atoms with van der Waals surface area (Å²) in [6.45, 7) is 3.90. The molecule has 3 aliphatic heterocycles. The second-order valence-corrected chi connectivity index (χ2v) is 10.1. The van der Waals surface area contributed by atoms with Crippen molar-refractivity contribution in [1.82, 2.24) is 10.3 Å². The molecule has 2 aromatic heterocycles. The number of rotatable bonds is 3. The number of pyridine rings is 1. The van der Waals surface area contributed by atoms with Gasteiger partial charge in [0.1, 0.15) is 22.1 Å². The molecule has 1 amide bonds. The number of ether oxygens (including phenoxy) is 2. The zero-order valence-corrected chi connectivity index (χ0v) is 19.2. The van der Waals surface area contributed by atoms with E-state index in [-0.39, 0.29) is 24.1 Å². The minimum absolute atomic E-state index is 0.0366. The van der Waals surface area contributed by atoms with Gasteiger partial charge < -0.3 is 31.2 Å². The van der Waals surface area contributed by atoms with Crippen LogP contribution < -0.4 is 26.4 Å². The van der Waals surface area contributed by atoms with Gasteiger partial charge in [0.05, 0.1) is 29.9 Å². The maximum Gasteiger partial charge on any atom is 0.263 e. The Morgan fingerprint density at radius 2 is 2.18 bits per heavy atom. The van der Waals surface area contributed by atoms with E-state index >= 15 is 0 Å². The first-order valence-electron chi connectivity index (χ1n) is 11.3. The van der Waals surface area contributed by atoms with Gasteiger partial charge >= 0.3 is 0 Å². The van der Waals surface area contributed by atoms with E-state index in [2.05, 4.69) is 33.4 Å². The number of anilines is 2. The molecule has 0 unspecified atom stereocenters. The van der Waals surface area contributed by atoms with E-state index in [9.17, 15) is 4.79 Å². The molecule has 4 atom stereocenters. The first-order valence-corrected chi connectivity index (χ1v) is 12.2. The van der Waals surface area contributed by atoms with Crippen LogP contribution in [-0.4, -0.2) is 54.9 Å². The number of nitrogens with one attached hydrogen (secondary N) is 1. The molecular weight excluding hydrogens is 438 g/mol. The average Bonchev–Trinajstić information content (AvgIpc) is 3.49. The molecule has 3 aromatic rings. The smallest absolute Gasteiger partial charge is 0.263 e. The first-order chi connectivity index (χ1) is 16.0. The Kier molecular flexibility index (Phi) is 4.93. The third-order valence-electron chi connectivity index (χ3n) is 6.90. The van der Waals surface area contributed by atoms with Gasteiger partial charge in [-0.15, -0.1) is 11.3 Å². The topological polar surface area (TPSA) is 116 Å². The Hall–Kier alpha value is -2.88. The molecule has 1 aromatic carbocycles. The van der Waals surface area contributed by atoms with E-state index in [1.54, 1.807) is 0 Å². The summed E-state index contributed by atoms with van der Waals surface area (Å²) < 4.78 is 11.9. The Labute approximate surface area is 195 Å². The fourth-order valence-corrected chi connectivity index (χ4v) is 6.29. The molecule has 33 heavy (non-hydrogen) atoms. The van der Waals surface area contributed by atoms with E-state index in [4.69, 9.17) is 20.9 Å². The summed E-state index contributed by atoms with van der Waals surface area (Å²) in [5.74, 6) is 0.690. The van der Waals surface area contributed by atoms with Crippen LogP contribution in [0.2, 0.25) is 0 Å². The quantitative estimate of drug-likeness (QED) is 0.543. The zero-order valence-electron chi connectivity index (χ0n) is 18.4. The predicted molar refractivity (Wildman–Crippen MR) is 129 cm³/mol. The van der Waals surface area contributed by atoms with E-state index in [0.717, 1.165) is 52.5 Å². The number of hydrogen-bond donors (Lipinski definition) is 3. The normalized spacial score (nSPS) is 26.2. The van der Waals surface area contributed by atoms with Gasteiger partial charge in [0.2, 0.25) is 0 Å². The fraction of sp³-hybridized carbons (Fsp3) is 0.417. The van der Waals surface area contributed by atoms with E-state index < -0.39 is 0 Å². The molecule has 0 aliphatic carbocycles. The molecule has 2 saturated heterocycles. The summed E-state index contributed by atoms with van der Waals surface area (Å²) in [6.07, 6.45) is 1.82. The summed E-state index contributed by atoms with van der Waals surface area (Å²) in [5.41, 5.74) is 16.1. The molecule has 5 heterocycles. The van der Waals surface area contributed by atoms with Gasteiger partial charge in [-0.1, -0.05) is 6.07 Å². The number of nitrogens with zero attached hydrogens (tertiary/aromatic N) is 2. The van der Waals surface area contributed by atoms with Gasteiger partial charge in [-0.3, -0.25) is 4.79 Å². The number of aromatic nitrogens is 1. The number of thiophene rings is 1. The second kappa shape index (κ2) is 7.86. The van der Waals surface area contributed by atoms with E-state index in [1.807, 2.05) is 19.1 Å². The number of nitrogen functional groups attached to an aromatic ring is 1. The lowest BCUT2D eigenvalue weighted by Gasteiger charge is -2.29. The number of carbonyl (C=O) groups excluding carboxylic acids is 1. The van der Waals surface area contributed by atoms with Gasteiger partial charge in [-0.2, -0.15) is 0 Å². The Bertz CT molecular complexity index is 1240. The van der Waals surface area contributed by atoms with Crippen molar-refractivity contribution in [3.63, 3.8) is 0 Å². The highest BCUT2D eigenvalue weighted by Gasteiger charge is 2.44.